The first-order valence-corrected chi connectivity index (χ1v) is 7.56. The van der Waals surface area contributed by atoms with Crippen molar-refractivity contribution in [2.24, 2.45) is 5.92 Å². The van der Waals surface area contributed by atoms with Crippen LogP contribution in [0.2, 0.25) is 0 Å². The number of carbonyl (C=O) groups is 1. The highest BCUT2D eigenvalue weighted by molar-refractivity contribution is 5.70. The molecule has 1 atom stereocenters. The van der Waals surface area contributed by atoms with Gasteiger partial charge in [-0.1, -0.05) is 67.1 Å². The highest BCUT2D eigenvalue weighted by Gasteiger charge is 2.17. The van der Waals surface area contributed by atoms with Crippen LogP contribution in [0.3, 0.4) is 0 Å². The molecule has 0 bridgehead atoms. The number of carboxylic acid groups (broad SMARTS) is 1. The predicted octanol–water partition coefficient (Wildman–Crippen LogP) is 4.34. The zero-order chi connectivity index (χ0) is 14.9. The van der Waals surface area contributed by atoms with Gasteiger partial charge in [0.15, 0.2) is 0 Å². The fourth-order valence-electron chi connectivity index (χ4n) is 2.58. The Balaban J connectivity index is 1.77. The Kier molecular flexibility index (Phi) is 6.01. The molecule has 21 heavy (non-hydrogen) atoms. The minimum Gasteiger partial charge on any atom is -0.481 e. The van der Waals surface area contributed by atoms with Gasteiger partial charge >= 0.3 is 5.97 Å². The number of aryl methyl sites for hydroxylation is 1. The topological polar surface area (TPSA) is 37.3 Å². The lowest BCUT2D eigenvalue weighted by Crippen LogP contribution is -2.16. The Bertz CT molecular complexity index is 534. The molecule has 2 nitrogen and oxygen atoms in total. The number of rotatable bonds is 8. The van der Waals surface area contributed by atoms with E-state index in [9.17, 15) is 9.90 Å². The monoisotopic (exact) mass is 282 g/mol. The van der Waals surface area contributed by atoms with Crippen LogP contribution >= 0.6 is 0 Å². The smallest absolute Gasteiger partial charge is 0.306 e. The van der Waals surface area contributed by atoms with Crippen LogP contribution in [0.1, 0.15) is 30.4 Å². The minimum atomic E-state index is -0.682. The van der Waals surface area contributed by atoms with Crippen molar-refractivity contribution in [1.29, 1.82) is 0 Å². The van der Waals surface area contributed by atoms with Crippen molar-refractivity contribution in [3.8, 4) is 0 Å². The second-order valence-corrected chi connectivity index (χ2v) is 5.46. The van der Waals surface area contributed by atoms with Crippen molar-refractivity contribution in [3.63, 3.8) is 0 Å². The van der Waals surface area contributed by atoms with E-state index in [0.29, 0.717) is 6.42 Å². The highest BCUT2D eigenvalue weighted by Crippen LogP contribution is 2.17. The van der Waals surface area contributed by atoms with Gasteiger partial charge in [-0.15, -0.1) is 0 Å². The molecule has 0 saturated heterocycles. The van der Waals surface area contributed by atoms with Gasteiger partial charge in [-0.25, -0.2) is 0 Å². The van der Waals surface area contributed by atoms with E-state index in [-0.39, 0.29) is 5.92 Å². The third-order valence-electron chi connectivity index (χ3n) is 3.79. The standard InChI is InChI=1S/C19H22O2/c20-19(21)18(15-17-12-5-2-6-13-17)14-8-7-11-16-9-3-1-4-10-16/h1-6,9-10,12-13,18H,7-8,11,14-15H2,(H,20,21)/t18-/m1/s1. The number of carboxylic acids is 1. The molecule has 0 aliphatic heterocycles. The van der Waals surface area contributed by atoms with Gasteiger partial charge in [-0.2, -0.15) is 0 Å². The van der Waals surface area contributed by atoms with E-state index in [2.05, 4.69) is 12.1 Å². The van der Waals surface area contributed by atoms with E-state index in [0.717, 1.165) is 31.2 Å². The molecule has 0 saturated carbocycles. The van der Waals surface area contributed by atoms with Gasteiger partial charge in [-0.3, -0.25) is 4.79 Å². The van der Waals surface area contributed by atoms with Crippen LogP contribution in [0.25, 0.3) is 0 Å². The van der Waals surface area contributed by atoms with Crippen molar-refractivity contribution < 1.29 is 9.90 Å². The molecule has 0 aliphatic rings. The molecule has 1 N–H and O–H groups in total. The second kappa shape index (κ2) is 8.25. The second-order valence-electron chi connectivity index (χ2n) is 5.46. The fraction of sp³-hybridized carbons (Fsp3) is 0.316. The van der Waals surface area contributed by atoms with Crippen LogP contribution < -0.4 is 0 Å². The molecule has 2 aromatic rings. The lowest BCUT2D eigenvalue weighted by molar-refractivity contribution is -0.142. The molecule has 0 unspecified atom stereocenters. The van der Waals surface area contributed by atoms with Crippen molar-refractivity contribution >= 4 is 5.97 Å². The van der Waals surface area contributed by atoms with E-state index < -0.39 is 5.97 Å². The Morgan fingerprint density at radius 2 is 1.43 bits per heavy atom. The first-order valence-electron chi connectivity index (χ1n) is 7.56. The van der Waals surface area contributed by atoms with Crippen molar-refractivity contribution in [2.45, 2.75) is 32.1 Å². The molecule has 2 heteroatoms. The molecule has 0 aromatic heterocycles. The summed E-state index contributed by atoms with van der Waals surface area (Å²) >= 11 is 0. The zero-order valence-corrected chi connectivity index (χ0v) is 12.2. The summed E-state index contributed by atoms with van der Waals surface area (Å²) < 4.78 is 0. The van der Waals surface area contributed by atoms with Crippen LogP contribution in [0.5, 0.6) is 0 Å². The van der Waals surface area contributed by atoms with Gasteiger partial charge in [0.1, 0.15) is 0 Å². The maximum atomic E-state index is 11.4. The SMILES string of the molecule is O=C(O)[C@H](CCCCc1ccccc1)Cc1ccccc1. The Morgan fingerprint density at radius 3 is 2.00 bits per heavy atom. The number of unbranched alkanes of at least 4 members (excludes halogenated alkanes) is 1. The molecule has 0 amide bonds. The first kappa shape index (κ1) is 15.3. The molecule has 2 rings (SSSR count). The number of aliphatic carboxylic acids is 1. The average Bonchev–Trinajstić information content (AvgIpc) is 2.52. The van der Waals surface area contributed by atoms with Crippen molar-refractivity contribution in [2.75, 3.05) is 0 Å². The predicted molar refractivity (Wildman–Crippen MR) is 85.3 cm³/mol. The highest BCUT2D eigenvalue weighted by atomic mass is 16.4. The molecule has 0 heterocycles. The Labute approximate surface area is 126 Å². The van der Waals surface area contributed by atoms with Gasteiger partial charge in [-0.05, 0) is 36.8 Å². The van der Waals surface area contributed by atoms with Gasteiger partial charge in [0.05, 0.1) is 5.92 Å². The van der Waals surface area contributed by atoms with Crippen LogP contribution in [-0.4, -0.2) is 11.1 Å². The summed E-state index contributed by atoms with van der Waals surface area (Å²) in [5.74, 6) is -0.957. The van der Waals surface area contributed by atoms with Crippen LogP contribution in [0, 0.1) is 5.92 Å². The van der Waals surface area contributed by atoms with E-state index in [1.54, 1.807) is 0 Å². The fourth-order valence-corrected chi connectivity index (χ4v) is 2.58. The summed E-state index contributed by atoms with van der Waals surface area (Å²) in [6.45, 7) is 0. The molecular weight excluding hydrogens is 260 g/mol. The van der Waals surface area contributed by atoms with Gasteiger partial charge < -0.3 is 5.11 Å². The number of hydrogen-bond acceptors (Lipinski definition) is 1. The van der Waals surface area contributed by atoms with Crippen LogP contribution in [0.4, 0.5) is 0 Å². The largest absolute Gasteiger partial charge is 0.481 e. The zero-order valence-electron chi connectivity index (χ0n) is 12.2. The quantitative estimate of drug-likeness (QED) is 0.731. The van der Waals surface area contributed by atoms with Gasteiger partial charge in [0, 0.05) is 0 Å². The Morgan fingerprint density at radius 1 is 0.857 bits per heavy atom. The summed E-state index contributed by atoms with van der Waals surface area (Å²) in [7, 11) is 0. The maximum absolute atomic E-state index is 11.4. The van der Waals surface area contributed by atoms with E-state index in [4.69, 9.17) is 0 Å². The lowest BCUT2D eigenvalue weighted by Gasteiger charge is -2.12. The number of benzene rings is 2. The lowest BCUT2D eigenvalue weighted by atomic mass is 9.93. The molecule has 0 fully saturated rings. The maximum Gasteiger partial charge on any atom is 0.306 e. The summed E-state index contributed by atoms with van der Waals surface area (Å²) in [4.78, 5) is 11.4. The van der Waals surface area contributed by atoms with Crippen molar-refractivity contribution in [1.82, 2.24) is 0 Å². The number of hydrogen-bond donors (Lipinski definition) is 1. The van der Waals surface area contributed by atoms with Crippen LogP contribution in [0.15, 0.2) is 60.7 Å². The molecular formula is C19H22O2. The van der Waals surface area contributed by atoms with Gasteiger partial charge in [0.2, 0.25) is 0 Å². The normalized spacial score (nSPS) is 12.0. The molecule has 0 radical (unpaired) electrons. The Hall–Kier alpha value is -2.09. The van der Waals surface area contributed by atoms with Crippen LogP contribution in [-0.2, 0) is 17.6 Å². The van der Waals surface area contributed by atoms with E-state index in [1.807, 2.05) is 48.5 Å². The van der Waals surface area contributed by atoms with Gasteiger partial charge in [0.25, 0.3) is 0 Å². The van der Waals surface area contributed by atoms with E-state index >= 15 is 0 Å². The summed E-state index contributed by atoms with van der Waals surface area (Å²) in [6, 6.07) is 20.2. The summed E-state index contributed by atoms with van der Waals surface area (Å²) in [5.41, 5.74) is 2.43. The van der Waals surface area contributed by atoms with E-state index in [1.165, 1.54) is 5.56 Å². The molecule has 0 aliphatic carbocycles. The minimum absolute atomic E-state index is 0.275. The molecule has 0 spiro atoms. The molecule has 110 valence electrons. The molecule has 2 aromatic carbocycles. The van der Waals surface area contributed by atoms with Crippen molar-refractivity contribution in [3.05, 3.63) is 71.8 Å². The first-order chi connectivity index (χ1) is 10.3. The summed E-state index contributed by atoms with van der Waals surface area (Å²) in [5, 5.41) is 9.35. The third kappa shape index (κ3) is 5.42. The third-order valence-corrected chi connectivity index (χ3v) is 3.79. The average molecular weight is 282 g/mol. The summed E-state index contributed by atoms with van der Waals surface area (Å²) in [6.07, 6.45) is 4.40.